The number of para-hydroxylation sites is 2. The minimum atomic E-state index is -0.0640. The summed E-state index contributed by atoms with van der Waals surface area (Å²) in [4.78, 5) is 17.8. The Morgan fingerprint density at radius 3 is 2.41 bits per heavy atom. The van der Waals surface area contributed by atoms with Gasteiger partial charge < -0.3 is 10.6 Å². The van der Waals surface area contributed by atoms with E-state index in [0.717, 1.165) is 16.9 Å². The Labute approximate surface area is 169 Å². The summed E-state index contributed by atoms with van der Waals surface area (Å²) in [5, 5.41) is 7.21. The van der Waals surface area contributed by atoms with E-state index in [4.69, 9.17) is 4.98 Å². The molecule has 0 saturated carbocycles. The van der Waals surface area contributed by atoms with Gasteiger partial charge in [0, 0.05) is 24.0 Å². The molecule has 0 aliphatic carbocycles. The van der Waals surface area contributed by atoms with E-state index in [-0.39, 0.29) is 5.43 Å². The summed E-state index contributed by atoms with van der Waals surface area (Å²) < 4.78 is 1.98. The zero-order chi connectivity index (χ0) is 20.2. The van der Waals surface area contributed by atoms with Crippen molar-refractivity contribution in [1.29, 1.82) is 0 Å². The number of anilines is 3. The number of benzene rings is 2. The molecule has 0 saturated heterocycles. The fraction of sp³-hybridized carbons (Fsp3) is 0.0833. The van der Waals surface area contributed by atoms with Crippen LogP contribution < -0.4 is 16.1 Å². The van der Waals surface area contributed by atoms with Crippen LogP contribution in [0.1, 0.15) is 5.56 Å². The number of rotatable bonds is 6. The molecule has 0 bridgehead atoms. The highest BCUT2D eigenvalue weighted by atomic mass is 16.1. The van der Waals surface area contributed by atoms with E-state index < -0.39 is 0 Å². The van der Waals surface area contributed by atoms with Gasteiger partial charge in [-0.1, -0.05) is 42.5 Å². The average Bonchev–Trinajstić information content (AvgIpc) is 2.73. The van der Waals surface area contributed by atoms with Gasteiger partial charge in [0.2, 0.25) is 0 Å². The van der Waals surface area contributed by atoms with Crippen LogP contribution in [0, 0.1) is 6.92 Å². The highest BCUT2D eigenvalue weighted by Gasteiger charge is 2.15. The first-order chi connectivity index (χ1) is 14.2. The van der Waals surface area contributed by atoms with Gasteiger partial charge in [0.25, 0.3) is 0 Å². The van der Waals surface area contributed by atoms with E-state index in [9.17, 15) is 4.79 Å². The second-order valence-corrected chi connectivity index (χ2v) is 6.75. The van der Waals surface area contributed by atoms with Crippen LogP contribution in [0.5, 0.6) is 0 Å². The maximum Gasteiger partial charge on any atom is 0.193 e. The van der Waals surface area contributed by atoms with Crippen LogP contribution in [-0.2, 0) is 0 Å². The van der Waals surface area contributed by atoms with Crippen molar-refractivity contribution in [2.45, 2.75) is 6.92 Å². The largest absolute Gasteiger partial charge is 0.367 e. The number of nitrogens with one attached hydrogen (secondary N) is 2. The van der Waals surface area contributed by atoms with Crippen LogP contribution >= 0.6 is 0 Å². The predicted octanol–water partition coefficient (Wildman–Crippen LogP) is 5.04. The minimum Gasteiger partial charge on any atom is -0.367 e. The first-order valence-electron chi connectivity index (χ1n) is 9.47. The van der Waals surface area contributed by atoms with E-state index >= 15 is 0 Å². The Bertz CT molecular complexity index is 1210. The summed E-state index contributed by atoms with van der Waals surface area (Å²) in [5.41, 5.74) is 3.24. The maximum absolute atomic E-state index is 13.0. The summed E-state index contributed by atoms with van der Waals surface area (Å²) in [5.74, 6) is 1.36. The highest BCUT2D eigenvalue weighted by molar-refractivity contribution is 5.85. The molecule has 5 heteroatoms. The molecule has 0 amide bonds. The molecule has 2 heterocycles. The van der Waals surface area contributed by atoms with Crippen molar-refractivity contribution in [3.8, 4) is 5.69 Å². The minimum absolute atomic E-state index is 0.0640. The van der Waals surface area contributed by atoms with Crippen molar-refractivity contribution < 1.29 is 0 Å². The van der Waals surface area contributed by atoms with Crippen molar-refractivity contribution in [2.24, 2.45) is 0 Å². The summed E-state index contributed by atoms with van der Waals surface area (Å²) in [6, 6.07) is 23.2. The Kier molecular flexibility index (Phi) is 5.12. The molecule has 0 atom stereocenters. The van der Waals surface area contributed by atoms with Gasteiger partial charge in [0.15, 0.2) is 11.1 Å². The van der Waals surface area contributed by atoms with Gasteiger partial charge in [0.05, 0.1) is 5.39 Å². The number of pyridine rings is 2. The van der Waals surface area contributed by atoms with Gasteiger partial charge >= 0.3 is 0 Å². The van der Waals surface area contributed by atoms with Crippen LogP contribution in [0.4, 0.5) is 17.3 Å². The topological polar surface area (TPSA) is 59.0 Å². The lowest BCUT2D eigenvalue weighted by Crippen LogP contribution is -2.15. The Morgan fingerprint density at radius 1 is 1.03 bits per heavy atom. The van der Waals surface area contributed by atoms with Crippen molar-refractivity contribution in [2.75, 3.05) is 17.2 Å². The maximum atomic E-state index is 13.0. The fourth-order valence-electron chi connectivity index (χ4n) is 3.36. The molecular weight excluding hydrogens is 360 g/mol. The van der Waals surface area contributed by atoms with Gasteiger partial charge in [-0.05, 0) is 42.8 Å². The zero-order valence-corrected chi connectivity index (χ0v) is 16.2. The predicted molar refractivity (Wildman–Crippen MR) is 120 cm³/mol. The van der Waals surface area contributed by atoms with Crippen molar-refractivity contribution >= 4 is 28.4 Å². The molecule has 0 fully saturated rings. The average molecular weight is 382 g/mol. The fourth-order valence-corrected chi connectivity index (χ4v) is 3.36. The van der Waals surface area contributed by atoms with E-state index in [1.165, 1.54) is 0 Å². The lowest BCUT2D eigenvalue weighted by atomic mass is 10.1. The molecule has 2 N–H and O–H groups in total. The van der Waals surface area contributed by atoms with Crippen LogP contribution in [0.25, 0.3) is 16.7 Å². The molecule has 2 aromatic heterocycles. The second kappa shape index (κ2) is 8.02. The third kappa shape index (κ3) is 3.75. The summed E-state index contributed by atoms with van der Waals surface area (Å²) in [7, 11) is 0. The van der Waals surface area contributed by atoms with Crippen LogP contribution in [0.2, 0.25) is 0 Å². The van der Waals surface area contributed by atoms with E-state index in [1.54, 1.807) is 12.1 Å². The number of fused-ring (bicyclic) bond motifs is 1. The lowest BCUT2D eigenvalue weighted by molar-refractivity contribution is 1.06. The van der Waals surface area contributed by atoms with Gasteiger partial charge in [0.1, 0.15) is 11.6 Å². The molecule has 144 valence electrons. The smallest absolute Gasteiger partial charge is 0.193 e. The third-order valence-electron chi connectivity index (χ3n) is 4.65. The van der Waals surface area contributed by atoms with Crippen molar-refractivity contribution in [1.82, 2.24) is 9.55 Å². The lowest BCUT2D eigenvalue weighted by Gasteiger charge is -2.19. The van der Waals surface area contributed by atoms with Crippen molar-refractivity contribution in [3.63, 3.8) is 0 Å². The molecule has 0 unspecified atom stereocenters. The number of aromatic nitrogens is 2. The van der Waals surface area contributed by atoms with Crippen LogP contribution in [0.3, 0.4) is 0 Å². The number of hydrogen-bond donors (Lipinski definition) is 2. The Hall–Kier alpha value is -3.86. The molecule has 0 spiro atoms. The number of hydrogen-bond acceptors (Lipinski definition) is 4. The van der Waals surface area contributed by atoms with Gasteiger partial charge in [-0.25, -0.2) is 4.98 Å². The van der Waals surface area contributed by atoms with Crippen LogP contribution in [-0.4, -0.2) is 16.1 Å². The standard InChI is InChI=1S/C24H22N4O/c1-3-14-25-21-15-17(2)23-20(29)16-22(26-18-10-6-4-7-11-18)28(24(23)27-21)19-12-8-5-9-13-19/h3-13,15-16,26H,1,14H2,2H3,(H,25,27). The monoisotopic (exact) mass is 382 g/mol. The second-order valence-electron chi connectivity index (χ2n) is 6.75. The molecule has 2 aromatic carbocycles. The van der Waals surface area contributed by atoms with Crippen LogP contribution in [0.15, 0.2) is 90.2 Å². The molecule has 5 nitrogen and oxygen atoms in total. The van der Waals surface area contributed by atoms with Gasteiger partial charge in [-0.3, -0.25) is 9.36 Å². The molecule has 4 aromatic rings. The molecule has 29 heavy (non-hydrogen) atoms. The number of aryl methyl sites for hydroxylation is 1. The zero-order valence-electron chi connectivity index (χ0n) is 16.2. The Morgan fingerprint density at radius 2 is 1.72 bits per heavy atom. The first-order valence-corrected chi connectivity index (χ1v) is 9.47. The Balaban J connectivity index is 2.01. The SMILES string of the molecule is C=CCNc1cc(C)c2c(=O)cc(Nc3ccccc3)n(-c3ccccc3)c2n1. The molecule has 4 rings (SSSR count). The molecule has 0 aliphatic rings. The van der Waals surface area contributed by atoms with E-state index in [1.807, 2.05) is 78.2 Å². The summed E-state index contributed by atoms with van der Waals surface area (Å²) in [6.45, 7) is 6.27. The van der Waals surface area contributed by atoms with Gasteiger partial charge in [-0.2, -0.15) is 0 Å². The number of nitrogens with zero attached hydrogens (tertiary/aromatic N) is 2. The quantitative estimate of drug-likeness (QED) is 0.459. The normalized spacial score (nSPS) is 10.7. The van der Waals surface area contributed by atoms with Crippen molar-refractivity contribution in [3.05, 3.63) is 101 Å². The summed E-state index contributed by atoms with van der Waals surface area (Å²) in [6.07, 6.45) is 1.78. The first kappa shape index (κ1) is 18.5. The summed E-state index contributed by atoms with van der Waals surface area (Å²) >= 11 is 0. The highest BCUT2D eigenvalue weighted by Crippen LogP contribution is 2.26. The van der Waals surface area contributed by atoms with Gasteiger partial charge in [-0.15, -0.1) is 6.58 Å². The third-order valence-corrected chi connectivity index (χ3v) is 4.65. The molecular formula is C24H22N4O. The van der Waals surface area contributed by atoms with E-state index in [2.05, 4.69) is 17.2 Å². The molecule has 0 aliphatic heterocycles. The molecule has 0 radical (unpaired) electrons. The van der Waals surface area contributed by atoms with E-state index in [0.29, 0.717) is 29.2 Å².